The molecule has 0 bridgehead atoms. The van der Waals surface area contributed by atoms with Crippen molar-refractivity contribution in [2.75, 3.05) is 7.11 Å². The molecule has 1 aromatic carbocycles. The molecule has 0 radical (unpaired) electrons. The molecule has 0 amide bonds. The van der Waals surface area contributed by atoms with Crippen molar-refractivity contribution < 1.29 is 9.15 Å². The summed E-state index contributed by atoms with van der Waals surface area (Å²) in [5.74, 6) is 1.60. The van der Waals surface area contributed by atoms with Crippen LogP contribution in [0.1, 0.15) is 22.9 Å². The van der Waals surface area contributed by atoms with E-state index in [0.29, 0.717) is 0 Å². The summed E-state index contributed by atoms with van der Waals surface area (Å²) in [4.78, 5) is 0. The topological polar surface area (TPSA) is 48.4 Å². The second-order valence-corrected chi connectivity index (χ2v) is 3.72. The van der Waals surface area contributed by atoms with Crippen LogP contribution in [0.15, 0.2) is 41.0 Å². The lowest BCUT2D eigenvalue weighted by atomic mass is 10.0. The van der Waals surface area contributed by atoms with Gasteiger partial charge < -0.3 is 14.9 Å². The highest BCUT2D eigenvalue weighted by Gasteiger charge is 2.14. The zero-order chi connectivity index (χ0) is 11.5. The Kier molecular flexibility index (Phi) is 2.97. The molecule has 0 aliphatic rings. The number of aryl methyl sites for hydroxylation is 1. The van der Waals surface area contributed by atoms with E-state index in [2.05, 4.69) is 0 Å². The smallest absolute Gasteiger partial charge is 0.127 e. The third kappa shape index (κ3) is 1.95. The van der Waals surface area contributed by atoms with Gasteiger partial charge in [-0.05, 0) is 36.2 Å². The molecule has 2 N–H and O–H groups in total. The molecule has 0 aliphatic heterocycles. The molecule has 1 unspecified atom stereocenters. The molecule has 1 atom stereocenters. The molecule has 3 nitrogen and oxygen atoms in total. The number of benzene rings is 1. The van der Waals surface area contributed by atoms with Crippen LogP contribution in [0, 0.1) is 6.92 Å². The molecule has 0 fully saturated rings. The van der Waals surface area contributed by atoms with Gasteiger partial charge in [-0.1, -0.05) is 12.1 Å². The number of hydrogen-bond donors (Lipinski definition) is 1. The average molecular weight is 217 g/mol. The van der Waals surface area contributed by atoms with Gasteiger partial charge in [-0.2, -0.15) is 0 Å². The van der Waals surface area contributed by atoms with Crippen LogP contribution in [0.4, 0.5) is 0 Å². The molecule has 3 heteroatoms. The quantitative estimate of drug-likeness (QED) is 0.859. The van der Waals surface area contributed by atoms with E-state index in [-0.39, 0.29) is 6.04 Å². The molecule has 1 aromatic heterocycles. The monoisotopic (exact) mass is 217 g/mol. The molecule has 0 spiro atoms. The van der Waals surface area contributed by atoms with Crippen LogP contribution in [0.5, 0.6) is 5.75 Å². The Balaban J connectivity index is 2.33. The van der Waals surface area contributed by atoms with Crippen molar-refractivity contribution in [3.63, 3.8) is 0 Å². The summed E-state index contributed by atoms with van der Waals surface area (Å²) in [5, 5.41) is 0. The van der Waals surface area contributed by atoms with E-state index >= 15 is 0 Å². The predicted molar refractivity (Wildman–Crippen MR) is 62.5 cm³/mol. The molecule has 2 rings (SSSR count). The Morgan fingerprint density at radius 3 is 2.75 bits per heavy atom. The molecule has 0 saturated carbocycles. The van der Waals surface area contributed by atoms with Gasteiger partial charge in [0.1, 0.15) is 11.5 Å². The Bertz CT molecular complexity index is 476. The number of ether oxygens (including phenoxy) is 1. The van der Waals surface area contributed by atoms with Crippen LogP contribution in [0.2, 0.25) is 0 Å². The van der Waals surface area contributed by atoms with Gasteiger partial charge in [-0.15, -0.1) is 0 Å². The summed E-state index contributed by atoms with van der Waals surface area (Å²) < 4.78 is 10.6. The SMILES string of the molecule is COc1cccc(C(N)c2occc2C)c1. The second kappa shape index (κ2) is 4.41. The Hall–Kier alpha value is -1.74. The summed E-state index contributed by atoms with van der Waals surface area (Å²) in [5.41, 5.74) is 8.18. The van der Waals surface area contributed by atoms with Crippen molar-refractivity contribution in [2.45, 2.75) is 13.0 Å². The van der Waals surface area contributed by atoms with E-state index in [1.165, 1.54) is 0 Å². The van der Waals surface area contributed by atoms with Gasteiger partial charge in [0.05, 0.1) is 19.4 Å². The number of furan rings is 1. The zero-order valence-corrected chi connectivity index (χ0v) is 9.44. The number of hydrogen-bond acceptors (Lipinski definition) is 3. The molecule has 84 valence electrons. The molecule has 1 heterocycles. The zero-order valence-electron chi connectivity index (χ0n) is 9.44. The van der Waals surface area contributed by atoms with Gasteiger partial charge in [0, 0.05) is 0 Å². The van der Waals surface area contributed by atoms with Crippen LogP contribution in [-0.2, 0) is 0 Å². The Morgan fingerprint density at radius 2 is 2.12 bits per heavy atom. The van der Waals surface area contributed by atoms with E-state index in [1.54, 1.807) is 13.4 Å². The first-order valence-corrected chi connectivity index (χ1v) is 5.16. The van der Waals surface area contributed by atoms with Crippen molar-refractivity contribution >= 4 is 0 Å². The van der Waals surface area contributed by atoms with Gasteiger partial charge in [-0.3, -0.25) is 0 Å². The molecular weight excluding hydrogens is 202 g/mol. The fourth-order valence-electron chi connectivity index (χ4n) is 1.69. The molecular formula is C13H15NO2. The highest BCUT2D eigenvalue weighted by atomic mass is 16.5. The van der Waals surface area contributed by atoms with Gasteiger partial charge in [0.25, 0.3) is 0 Å². The highest BCUT2D eigenvalue weighted by Crippen LogP contribution is 2.25. The summed E-state index contributed by atoms with van der Waals surface area (Å²) in [6, 6.07) is 9.37. The van der Waals surface area contributed by atoms with Crippen LogP contribution in [0.25, 0.3) is 0 Å². The summed E-state index contributed by atoms with van der Waals surface area (Å²) in [6.45, 7) is 1.98. The van der Waals surface area contributed by atoms with Gasteiger partial charge in [0.15, 0.2) is 0 Å². The first kappa shape index (κ1) is 10.8. The van der Waals surface area contributed by atoms with Crippen LogP contribution >= 0.6 is 0 Å². The minimum Gasteiger partial charge on any atom is -0.497 e. The lowest BCUT2D eigenvalue weighted by Crippen LogP contribution is -2.12. The Labute approximate surface area is 94.8 Å². The maximum Gasteiger partial charge on any atom is 0.127 e. The largest absolute Gasteiger partial charge is 0.497 e. The summed E-state index contributed by atoms with van der Waals surface area (Å²) in [7, 11) is 1.64. The first-order valence-electron chi connectivity index (χ1n) is 5.16. The molecule has 2 aromatic rings. The van der Waals surface area contributed by atoms with E-state index in [0.717, 1.165) is 22.6 Å². The maximum absolute atomic E-state index is 6.14. The molecule has 16 heavy (non-hydrogen) atoms. The van der Waals surface area contributed by atoms with Crippen molar-refractivity contribution in [3.05, 3.63) is 53.5 Å². The standard InChI is InChI=1S/C13H15NO2/c1-9-6-7-16-13(9)12(14)10-4-3-5-11(8-10)15-2/h3-8,12H,14H2,1-2H3. The fraction of sp³-hybridized carbons (Fsp3) is 0.231. The van der Waals surface area contributed by atoms with Crippen molar-refractivity contribution in [1.82, 2.24) is 0 Å². The van der Waals surface area contributed by atoms with Crippen molar-refractivity contribution in [1.29, 1.82) is 0 Å². The summed E-state index contributed by atoms with van der Waals surface area (Å²) >= 11 is 0. The van der Waals surface area contributed by atoms with Crippen LogP contribution < -0.4 is 10.5 Å². The van der Waals surface area contributed by atoms with Gasteiger partial charge >= 0.3 is 0 Å². The number of methoxy groups -OCH3 is 1. The normalized spacial score (nSPS) is 12.4. The number of rotatable bonds is 3. The highest BCUT2D eigenvalue weighted by molar-refractivity contribution is 5.35. The lowest BCUT2D eigenvalue weighted by Gasteiger charge is -2.11. The van der Waals surface area contributed by atoms with E-state index in [9.17, 15) is 0 Å². The van der Waals surface area contributed by atoms with E-state index in [4.69, 9.17) is 14.9 Å². The van der Waals surface area contributed by atoms with Crippen molar-refractivity contribution in [2.24, 2.45) is 5.73 Å². The minimum absolute atomic E-state index is 0.245. The number of nitrogens with two attached hydrogens (primary N) is 1. The maximum atomic E-state index is 6.14. The summed E-state index contributed by atoms with van der Waals surface area (Å²) in [6.07, 6.45) is 1.66. The van der Waals surface area contributed by atoms with Gasteiger partial charge in [-0.25, -0.2) is 0 Å². The third-order valence-electron chi connectivity index (χ3n) is 2.64. The second-order valence-electron chi connectivity index (χ2n) is 3.72. The minimum atomic E-state index is -0.245. The Morgan fingerprint density at radius 1 is 1.31 bits per heavy atom. The van der Waals surface area contributed by atoms with E-state index in [1.807, 2.05) is 37.3 Å². The lowest BCUT2D eigenvalue weighted by molar-refractivity contribution is 0.413. The predicted octanol–water partition coefficient (Wildman–Crippen LogP) is 2.64. The molecule has 0 aliphatic carbocycles. The third-order valence-corrected chi connectivity index (χ3v) is 2.64. The van der Waals surface area contributed by atoms with Gasteiger partial charge in [0.2, 0.25) is 0 Å². The van der Waals surface area contributed by atoms with Crippen molar-refractivity contribution in [3.8, 4) is 5.75 Å². The fourth-order valence-corrected chi connectivity index (χ4v) is 1.69. The molecule has 0 saturated heterocycles. The van der Waals surface area contributed by atoms with E-state index < -0.39 is 0 Å². The first-order chi connectivity index (χ1) is 7.72. The van der Waals surface area contributed by atoms with Crippen LogP contribution in [-0.4, -0.2) is 7.11 Å². The average Bonchev–Trinajstić information content (AvgIpc) is 2.74. The van der Waals surface area contributed by atoms with Crippen LogP contribution in [0.3, 0.4) is 0 Å².